The van der Waals surface area contributed by atoms with E-state index in [1.165, 1.54) is 4.68 Å². The molecular formula is C13H16N4O3S. The zero-order valence-corrected chi connectivity index (χ0v) is 12.1. The van der Waals surface area contributed by atoms with Gasteiger partial charge in [0.25, 0.3) is 5.16 Å². The molecule has 8 heteroatoms. The topological polar surface area (TPSA) is 98.0 Å². The molecule has 2 atom stereocenters. The Morgan fingerprint density at radius 2 is 1.90 bits per heavy atom. The van der Waals surface area contributed by atoms with Gasteiger partial charge in [-0.25, -0.2) is 8.42 Å². The number of aliphatic hydroxyl groups excluding tert-OH is 1. The van der Waals surface area contributed by atoms with Crippen LogP contribution >= 0.6 is 0 Å². The molecule has 1 heterocycles. The number of para-hydroxylation sites is 1. The second-order valence-corrected chi connectivity index (χ2v) is 7.20. The standard InChI is InChI=1S/C13H16N4O3S/c18-8-10-6-7-11(10)9-21(19,20)13-14-15-16-17(13)12-4-2-1-3-5-12/h1-5,10-11,18H,6-9H2/t10-,11-/m1/s1. The summed E-state index contributed by atoms with van der Waals surface area (Å²) in [5.74, 6) is 0.0348. The molecule has 1 aromatic heterocycles. The van der Waals surface area contributed by atoms with Crippen molar-refractivity contribution in [2.24, 2.45) is 11.8 Å². The molecule has 0 spiro atoms. The molecular weight excluding hydrogens is 292 g/mol. The van der Waals surface area contributed by atoms with Crippen LogP contribution in [0.5, 0.6) is 0 Å². The highest BCUT2D eigenvalue weighted by Crippen LogP contribution is 2.35. The molecule has 0 unspecified atom stereocenters. The molecule has 0 bridgehead atoms. The Morgan fingerprint density at radius 3 is 2.52 bits per heavy atom. The number of aliphatic hydroxyl groups is 1. The summed E-state index contributed by atoms with van der Waals surface area (Å²) in [6.07, 6.45) is 1.69. The third kappa shape index (κ3) is 2.68. The molecule has 2 aromatic rings. The number of benzene rings is 1. The molecule has 0 saturated heterocycles. The Hall–Kier alpha value is -1.80. The van der Waals surface area contributed by atoms with Crippen LogP contribution in [0.25, 0.3) is 5.69 Å². The number of tetrazole rings is 1. The maximum absolute atomic E-state index is 12.5. The lowest BCUT2D eigenvalue weighted by molar-refractivity contribution is 0.105. The predicted molar refractivity (Wildman–Crippen MR) is 74.5 cm³/mol. The summed E-state index contributed by atoms with van der Waals surface area (Å²) >= 11 is 0. The molecule has 1 aliphatic carbocycles. The summed E-state index contributed by atoms with van der Waals surface area (Å²) in [6, 6.07) is 8.91. The van der Waals surface area contributed by atoms with E-state index in [-0.39, 0.29) is 29.4 Å². The summed E-state index contributed by atoms with van der Waals surface area (Å²) in [4.78, 5) is 0. The zero-order valence-electron chi connectivity index (χ0n) is 11.3. The van der Waals surface area contributed by atoms with Crippen molar-refractivity contribution in [3.63, 3.8) is 0 Å². The van der Waals surface area contributed by atoms with Crippen LogP contribution in [-0.4, -0.2) is 46.1 Å². The van der Waals surface area contributed by atoms with Gasteiger partial charge in [-0.1, -0.05) is 23.3 Å². The minimum atomic E-state index is -3.58. The smallest absolute Gasteiger partial charge is 0.272 e. The van der Waals surface area contributed by atoms with E-state index >= 15 is 0 Å². The molecule has 0 amide bonds. The van der Waals surface area contributed by atoms with Crippen LogP contribution in [-0.2, 0) is 9.84 Å². The van der Waals surface area contributed by atoms with Crippen molar-refractivity contribution < 1.29 is 13.5 Å². The van der Waals surface area contributed by atoms with Gasteiger partial charge in [0.1, 0.15) is 0 Å². The first-order chi connectivity index (χ1) is 10.1. The molecule has 1 N–H and O–H groups in total. The lowest BCUT2D eigenvalue weighted by atomic mass is 9.75. The first kappa shape index (κ1) is 14.2. The molecule has 3 rings (SSSR count). The Balaban J connectivity index is 1.89. The molecule has 7 nitrogen and oxygen atoms in total. The van der Waals surface area contributed by atoms with E-state index in [1.54, 1.807) is 24.3 Å². The van der Waals surface area contributed by atoms with Crippen LogP contribution in [0.2, 0.25) is 0 Å². The van der Waals surface area contributed by atoms with Gasteiger partial charge in [-0.3, -0.25) is 0 Å². The minimum absolute atomic E-state index is 0.0130. The van der Waals surface area contributed by atoms with Crippen LogP contribution in [0.1, 0.15) is 12.8 Å². The number of hydrogen-bond acceptors (Lipinski definition) is 6. The largest absolute Gasteiger partial charge is 0.396 e. The number of aromatic nitrogens is 4. The van der Waals surface area contributed by atoms with Gasteiger partial charge in [0.05, 0.1) is 11.4 Å². The van der Waals surface area contributed by atoms with Gasteiger partial charge in [-0.2, -0.15) is 4.68 Å². The van der Waals surface area contributed by atoms with Crippen molar-refractivity contribution in [2.75, 3.05) is 12.4 Å². The van der Waals surface area contributed by atoms with Gasteiger partial charge < -0.3 is 5.11 Å². The summed E-state index contributed by atoms with van der Waals surface area (Å²) in [5.41, 5.74) is 0.605. The van der Waals surface area contributed by atoms with E-state index < -0.39 is 9.84 Å². The quantitative estimate of drug-likeness (QED) is 0.861. The third-order valence-electron chi connectivity index (χ3n) is 3.96. The molecule has 21 heavy (non-hydrogen) atoms. The number of rotatable bonds is 5. The van der Waals surface area contributed by atoms with Crippen molar-refractivity contribution >= 4 is 9.84 Å². The Kier molecular flexibility index (Phi) is 3.73. The van der Waals surface area contributed by atoms with E-state index in [0.717, 1.165) is 12.8 Å². The first-order valence-electron chi connectivity index (χ1n) is 6.79. The van der Waals surface area contributed by atoms with E-state index in [0.29, 0.717) is 5.69 Å². The monoisotopic (exact) mass is 308 g/mol. The normalized spacial score (nSPS) is 22.0. The van der Waals surface area contributed by atoms with Crippen molar-refractivity contribution in [2.45, 2.75) is 18.0 Å². The minimum Gasteiger partial charge on any atom is -0.396 e. The van der Waals surface area contributed by atoms with Gasteiger partial charge in [-0.15, -0.1) is 0 Å². The third-order valence-corrected chi connectivity index (χ3v) is 5.64. The number of nitrogens with zero attached hydrogens (tertiary/aromatic N) is 4. The average Bonchev–Trinajstić information content (AvgIpc) is 2.96. The molecule has 1 aliphatic rings. The maximum atomic E-state index is 12.5. The lowest BCUT2D eigenvalue weighted by Crippen LogP contribution is -2.35. The molecule has 0 radical (unpaired) electrons. The lowest BCUT2D eigenvalue weighted by Gasteiger charge is -2.34. The second-order valence-electron chi connectivity index (χ2n) is 5.27. The SMILES string of the molecule is O=S(=O)(C[C@H]1CC[C@@H]1CO)c1nnnn1-c1ccccc1. The summed E-state index contributed by atoms with van der Waals surface area (Å²) in [7, 11) is -3.58. The Labute approximate surface area is 122 Å². The van der Waals surface area contributed by atoms with Crippen molar-refractivity contribution in [3.05, 3.63) is 30.3 Å². The van der Waals surface area contributed by atoms with E-state index in [2.05, 4.69) is 15.5 Å². The summed E-state index contributed by atoms with van der Waals surface area (Å²) in [5, 5.41) is 20.0. The first-order valence-corrected chi connectivity index (χ1v) is 8.44. The van der Waals surface area contributed by atoms with Crippen molar-refractivity contribution in [3.8, 4) is 5.69 Å². The van der Waals surface area contributed by atoms with Gasteiger partial charge in [0.15, 0.2) is 0 Å². The Bertz CT molecular complexity index is 712. The maximum Gasteiger partial charge on any atom is 0.272 e. The fraction of sp³-hybridized carbons (Fsp3) is 0.462. The summed E-state index contributed by atoms with van der Waals surface area (Å²) in [6.45, 7) is 0.0316. The van der Waals surface area contributed by atoms with E-state index in [4.69, 9.17) is 0 Å². The Morgan fingerprint density at radius 1 is 1.19 bits per heavy atom. The van der Waals surface area contributed by atoms with Crippen LogP contribution < -0.4 is 0 Å². The highest BCUT2D eigenvalue weighted by Gasteiger charge is 2.36. The van der Waals surface area contributed by atoms with Crippen LogP contribution in [0.4, 0.5) is 0 Å². The fourth-order valence-electron chi connectivity index (χ4n) is 2.56. The molecule has 1 saturated carbocycles. The number of sulfone groups is 1. The van der Waals surface area contributed by atoms with Crippen LogP contribution in [0.3, 0.4) is 0 Å². The number of hydrogen-bond donors (Lipinski definition) is 1. The molecule has 0 aliphatic heterocycles. The van der Waals surface area contributed by atoms with Gasteiger partial charge >= 0.3 is 0 Å². The van der Waals surface area contributed by atoms with Gasteiger partial charge in [0.2, 0.25) is 9.84 Å². The molecule has 1 fully saturated rings. The van der Waals surface area contributed by atoms with Crippen molar-refractivity contribution in [1.82, 2.24) is 20.2 Å². The van der Waals surface area contributed by atoms with Gasteiger partial charge in [0, 0.05) is 6.61 Å². The van der Waals surface area contributed by atoms with Crippen LogP contribution in [0.15, 0.2) is 35.5 Å². The van der Waals surface area contributed by atoms with Gasteiger partial charge in [-0.05, 0) is 47.2 Å². The second kappa shape index (κ2) is 5.53. The predicted octanol–water partition coefficient (Wildman–Crippen LogP) is 0.454. The molecule has 112 valence electrons. The van der Waals surface area contributed by atoms with E-state index in [1.807, 2.05) is 6.07 Å². The van der Waals surface area contributed by atoms with Crippen LogP contribution in [0, 0.1) is 11.8 Å². The zero-order chi connectivity index (χ0) is 14.9. The fourth-order valence-corrected chi connectivity index (χ4v) is 4.28. The van der Waals surface area contributed by atoms with E-state index in [9.17, 15) is 13.5 Å². The highest BCUT2D eigenvalue weighted by molar-refractivity contribution is 7.91. The molecule has 1 aromatic carbocycles. The summed E-state index contributed by atoms with van der Waals surface area (Å²) < 4.78 is 26.3. The van der Waals surface area contributed by atoms with Crippen molar-refractivity contribution in [1.29, 1.82) is 0 Å². The highest BCUT2D eigenvalue weighted by atomic mass is 32.2. The average molecular weight is 308 g/mol.